The maximum Gasteiger partial charge on any atom is 0.127 e. The van der Waals surface area contributed by atoms with Crippen LogP contribution in [0.4, 0.5) is 4.39 Å². The molecule has 0 spiro atoms. The van der Waals surface area contributed by atoms with Crippen LogP contribution in [0.25, 0.3) is 0 Å². The summed E-state index contributed by atoms with van der Waals surface area (Å²) in [6.07, 6.45) is 2.85. The first kappa shape index (κ1) is 12.7. The van der Waals surface area contributed by atoms with Crippen LogP contribution in [0.2, 0.25) is 0 Å². The lowest BCUT2D eigenvalue weighted by atomic mass is 10.1. The molecule has 0 aliphatic heterocycles. The summed E-state index contributed by atoms with van der Waals surface area (Å²) in [5.74, 6) is 0.0576. The summed E-state index contributed by atoms with van der Waals surface area (Å²) in [5.41, 5.74) is 0.611. The number of aliphatic hydroxyl groups excluding tert-OH is 1. The van der Waals surface area contributed by atoms with Crippen LogP contribution in [-0.4, -0.2) is 11.7 Å². The molecule has 0 heterocycles. The first-order valence-corrected chi connectivity index (χ1v) is 5.36. The van der Waals surface area contributed by atoms with Crippen LogP contribution in [0.1, 0.15) is 31.4 Å². The fourth-order valence-electron chi connectivity index (χ4n) is 1.39. The van der Waals surface area contributed by atoms with E-state index in [1.165, 1.54) is 12.1 Å². The van der Waals surface area contributed by atoms with E-state index in [0.29, 0.717) is 17.9 Å². The van der Waals surface area contributed by atoms with Crippen molar-refractivity contribution in [2.45, 2.75) is 25.9 Å². The second-order valence-electron chi connectivity index (χ2n) is 3.64. The lowest BCUT2D eigenvalue weighted by Crippen LogP contribution is -2.02. The predicted molar refractivity (Wildman–Crippen MR) is 62.0 cm³/mol. The smallest absolute Gasteiger partial charge is 0.127 e. The quantitative estimate of drug-likeness (QED) is 0.594. The summed E-state index contributed by atoms with van der Waals surface area (Å²) < 4.78 is 18.4. The summed E-state index contributed by atoms with van der Waals surface area (Å²) in [6.45, 7) is 5.73. The molecule has 0 saturated carbocycles. The number of ether oxygens (including phenoxy) is 1. The van der Waals surface area contributed by atoms with Gasteiger partial charge in [-0.25, -0.2) is 4.39 Å². The van der Waals surface area contributed by atoms with Crippen molar-refractivity contribution < 1.29 is 14.2 Å². The number of hydrogen-bond donors (Lipinski definition) is 1. The van der Waals surface area contributed by atoms with Crippen LogP contribution < -0.4 is 4.74 Å². The van der Waals surface area contributed by atoms with E-state index in [9.17, 15) is 9.50 Å². The van der Waals surface area contributed by atoms with E-state index >= 15 is 0 Å². The van der Waals surface area contributed by atoms with Gasteiger partial charge in [0.25, 0.3) is 0 Å². The average molecular weight is 224 g/mol. The molecule has 0 unspecified atom stereocenters. The zero-order valence-corrected chi connectivity index (χ0v) is 9.45. The average Bonchev–Trinajstić information content (AvgIpc) is 2.24. The molecule has 88 valence electrons. The number of rotatable bonds is 6. The second kappa shape index (κ2) is 6.28. The Morgan fingerprint density at radius 1 is 1.56 bits per heavy atom. The van der Waals surface area contributed by atoms with Crippen molar-refractivity contribution in [1.29, 1.82) is 0 Å². The molecular formula is C13H17FO2. The van der Waals surface area contributed by atoms with Crippen molar-refractivity contribution in [2.75, 3.05) is 6.61 Å². The minimum absolute atomic E-state index is 0.358. The van der Waals surface area contributed by atoms with Gasteiger partial charge in [0.05, 0.1) is 12.7 Å². The van der Waals surface area contributed by atoms with Gasteiger partial charge in [-0.15, -0.1) is 6.58 Å². The van der Waals surface area contributed by atoms with E-state index in [0.717, 1.165) is 12.8 Å². The molecule has 0 fully saturated rings. The largest absolute Gasteiger partial charge is 0.493 e. The summed E-state index contributed by atoms with van der Waals surface area (Å²) >= 11 is 0. The molecule has 1 aromatic carbocycles. The Labute approximate surface area is 95.4 Å². The van der Waals surface area contributed by atoms with Crippen molar-refractivity contribution in [1.82, 2.24) is 0 Å². The normalized spacial score (nSPS) is 12.2. The third-order valence-electron chi connectivity index (χ3n) is 2.24. The van der Waals surface area contributed by atoms with Gasteiger partial charge >= 0.3 is 0 Å². The van der Waals surface area contributed by atoms with Gasteiger partial charge in [-0.1, -0.05) is 6.08 Å². The number of halogens is 1. The van der Waals surface area contributed by atoms with Crippen molar-refractivity contribution in [3.05, 3.63) is 42.2 Å². The van der Waals surface area contributed by atoms with Gasteiger partial charge in [-0.05, 0) is 31.9 Å². The molecule has 0 aliphatic rings. The number of allylic oxidation sites excluding steroid dienone is 1. The Morgan fingerprint density at radius 2 is 2.31 bits per heavy atom. The van der Waals surface area contributed by atoms with Crippen LogP contribution in [0.15, 0.2) is 30.9 Å². The SMILES string of the molecule is C=CCCCOc1cc(F)ccc1[C@H](C)O. The Bertz CT molecular complexity index is 348. The van der Waals surface area contributed by atoms with Gasteiger partial charge in [0, 0.05) is 11.6 Å². The zero-order valence-electron chi connectivity index (χ0n) is 9.45. The Morgan fingerprint density at radius 3 is 2.94 bits per heavy atom. The maximum absolute atomic E-state index is 13.0. The molecule has 1 aromatic rings. The first-order valence-electron chi connectivity index (χ1n) is 5.36. The highest BCUT2D eigenvalue weighted by atomic mass is 19.1. The van der Waals surface area contributed by atoms with Gasteiger partial charge in [0.2, 0.25) is 0 Å². The Balaban J connectivity index is 2.68. The second-order valence-corrected chi connectivity index (χ2v) is 3.64. The van der Waals surface area contributed by atoms with Crippen molar-refractivity contribution >= 4 is 0 Å². The fourth-order valence-corrected chi connectivity index (χ4v) is 1.39. The van der Waals surface area contributed by atoms with Crippen LogP contribution in [0.5, 0.6) is 5.75 Å². The summed E-state index contributed by atoms with van der Waals surface area (Å²) in [7, 11) is 0. The predicted octanol–water partition coefficient (Wildman–Crippen LogP) is 3.22. The van der Waals surface area contributed by atoms with Crippen molar-refractivity contribution in [3.63, 3.8) is 0 Å². The highest BCUT2D eigenvalue weighted by Gasteiger charge is 2.09. The van der Waals surface area contributed by atoms with Gasteiger partial charge in [0.1, 0.15) is 11.6 Å². The molecule has 3 heteroatoms. The molecule has 16 heavy (non-hydrogen) atoms. The van der Waals surface area contributed by atoms with E-state index in [4.69, 9.17) is 4.74 Å². The van der Waals surface area contributed by atoms with Gasteiger partial charge in [-0.2, -0.15) is 0 Å². The fraction of sp³-hybridized carbons (Fsp3) is 0.385. The van der Waals surface area contributed by atoms with Gasteiger partial charge in [-0.3, -0.25) is 0 Å². The Kier molecular flexibility index (Phi) is 4.99. The van der Waals surface area contributed by atoms with Crippen LogP contribution in [-0.2, 0) is 0 Å². The lowest BCUT2D eigenvalue weighted by molar-refractivity contribution is 0.190. The monoisotopic (exact) mass is 224 g/mol. The molecule has 0 saturated heterocycles. The molecule has 0 aliphatic carbocycles. The number of benzene rings is 1. The molecule has 2 nitrogen and oxygen atoms in total. The maximum atomic E-state index is 13.0. The molecule has 1 rings (SSSR count). The summed E-state index contributed by atoms with van der Waals surface area (Å²) in [5, 5.41) is 9.48. The van der Waals surface area contributed by atoms with E-state index < -0.39 is 6.10 Å². The van der Waals surface area contributed by atoms with Crippen LogP contribution in [0, 0.1) is 5.82 Å². The van der Waals surface area contributed by atoms with Crippen LogP contribution in [0.3, 0.4) is 0 Å². The number of hydrogen-bond acceptors (Lipinski definition) is 2. The number of aliphatic hydroxyl groups is 1. The zero-order chi connectivity index (χ0) is 12.0. The molecule has 1 atom stereocenters. The third kappa shape index (κ3) is 3.66. The third-order valence-corrected chi connectivity index (χ3v) is 2.24. The highest BCUT2D eigenvalue weighted by Crippen LogP contribution is 2.26. The van der Waals surface area contributed by atoms with Crippen LogP contribution >= 0.6 is 0 Å². The van der Waals surface area contributed by atoms with E-state index in [1.54, 1.807) is 13.0 Å². The molecule has 0 bridgehead atoms. The number of unbranched alkanes of at least 4 members (excludes halogenated alkanes) is 1. The summed E-state index contributed by atoms with van der Waals surface area (Å²) in [6, 6.07) is 4.16. The van der Waals surface area contributed by atoms with Gasteiger partial charge < -0.3 is 9.84 Å². The van der Waals surface area contributed by atoms with Crippen molar-refractivity contribution in [2.24, 2.45) is 0 Å². The molecule has 1 N–H and O–H groups in total. The molecule has 0 aromatic heterocycles. The minimum atomic E-state index is -0.657. The summed E-state index contributed by atoms with van der Waals surface area (Å²) in [4.78, 5) is 0. The van der Waals surface area contributed by atoms with E-state index in [1.807, 2.05) is 6.08 Å². The van der Waals surface area contributed by atoms with Gasteiger partial charge in [0.15, 0.2) is 0 Å². The topological polar surface area (TPSA) is 29.5 Å². The highest BCUT2D eigenvalue weighted by molar-refractivity contribution is 5.35. The molecule has 0 amide bonds. The van der Waals surface area contributed by atoms with Crippen molar-refractivity contribution in [3.8, 4) is 5.75 Å². The Hall–Kier alpha value is -1.35. The first-order chi connectivity index (χ1) is 7.65. The molecular weight excluding hydrogens is 207 g/mol. The minimum Gasteiger partial charge on any atom is -0.493 e. The standard InChI is InChI=1S/C13H17FO2/c1-3-4-5-8-16-13-9-11(14)6-7-12(13)10(2)15/h3,6-7,9-10,15H,1,4-5,8H2,2H3/t10-/m0/s1. The lowest BCUT2D eigenvalue weighted by Gasteiger charge is -2.13. The van der Waals surface area contributed by atoms with E-state index in [-0.39, 0.29) is 5.82 Å². The molecule has 0 radical (unpaired) electrons. The van der Waals surface area contributed by atoms with E-state index in [2.05, 4.69) is 6.58 Å².